The van der Waals surface area contributed by atoms with Crippen molar-refractivity contribution in [3.8, 4) is 5.75 Å². The van der Waals surface area contributed by atoms with E-state index in [-0.39, 0.29) is 18.1 Å². The summed E-state index contributed by atoms with van der Waals surface area (Å²) in [7, 11) is 1.58. The fourth-order valence-corrected chi connectivity index (χ4v) is 2.72. The standard InChI is InChI=1S/C17H20N4O4/c1-20-15(22)14(25-11-12-5-3-2-4-6-12)13(16(23)24)19-17(20)21-9-7-18-8-10-21/h2-6,18H,7-11H2,1H3,(H,23,24). The number of carboxylic acid groups (broad SMARTS) is 1. The Morgan fingerprint density at radius 3 is 2.60 bits per heavy atom. The van der Waals surface area contributed by atoms with Gasteiger partial charge in [-0.15, -0.1) is 0 Å². The molecule has 0 unspecified atom stereocenters. The molecule has 1 aromatic heterocycles. The molecule has 0 aliphatic carbocycles. The van der Waals surface area contributed by atoms with E-state index in [0.717, 1.165) is 18.7 Å². The number of ether oxygens (including phenoxy) is 1. The number of benzene rings is 1. The molecule has 8 nitrogen and oxygen atoms in total. The molecule has 1 aliphatic rings. The van der Waals surface area contributed by atoms with E-state index in [1.165, 1.54) is 4.57 Å². The molecule has 1 aromatic carbocycles. The lowest BCUT2D eigenvalue weighted by atomic mass is 10.2. The van der Waals surface area contributed by atoms with Crippen LogP contribution in [-0.2, 0) is 13.7 Å². The van der Waals surface area contributed by atoms with E-state index in [1.54, 1.807) is 7.05 Å². The zero-order valence-corrected chi connectivity index (χ0v) is 13.9. The van der Waals surface area contributed by atoms with E-state index in [4.69, 9.17) is 4.74 Å². The van der Waals surface area contributed by atoms with Gasteiger partial charge in [-0.25, -0.2) is 9.78 Å². The highest BCUT2D eigenvalue weighted by molar-refractivity contribution is 5.88. The molecule has 25 heavy (non-hydrogen) atoms. The van der Waals surface area contributed by atoms with Crippen LogP contribution in [-0.4, -0.2) is 46.8 Å². The molecule has 1 saturated heterocycles. The van der Waals surface area contributed by atoms with Crippen molar-refractivity contribution >= 4 is 11.9 Å². The number of hydrogen-bond donors (Lipinski definition) is 2. The minimum absolute atomic E-state index is 0.102. The summed E-state index contributed by atoms with van der Waals surface area (Å²) in [6.07, 6.45) is 0. The van der Waals surface area contributed by atoms with Crippen LogP contribution >= 0.6 is 0 Å². The highest BCUT2D eigenvalue weighted by Gasteiger charge is 2.24. The van der Waals surface area contributed by atoms with Gasteiger partial charge in [0.15, 0.2) is 5.69 Å². The third-order valence-corrected chi connectivity index (χ3v) is 4.05. The molecule has 0 atom stereocenters. The Bertz CT molecular complexity index is 813. The quantitative estimate of drug-likeness (QED) is 0.814. The van der Waals surface area contributed by atoms with Crippen LogP contribution in [0.3, 0.4) is 0 Å². The van der Waals surface area contributed by atoms with Crippen molar-refractivity contribution in [3.05, 3.63) is 51.9 Å². The lowest BCUT2D eigenvalue weighted by molar-refractivity contribution is 0.0684. The Balaban J connectivity index is 1.95. The summed E-state index contributed by atoms with van der Waals surface area (Å²) < 4.78 is 6.88. The maximum Gasteiger partial charge on any atom is 0.358 e. The number of hydrogen-bond acceptors (Lipinski definition) is 6. The summed E-state index contributed by atoms with van der Waals surface area (Å²) in [6, 6.07) is 9.25. The number of anilines is 1. The first-order chi connectivity index (χ1) is 12.1. The second kappa shape index (κ2) is 7.35. The molecule has 2 N–H and O–H groups in total. The molecule has 1 aliphatic heterocycles. The van der Waals surface area contributed by atoms with Crippen molar-refractivity contribution in [2.24, 2.45) is 7.05 Å². The Labute approximate surface area is 144 Å². The number of aromatic carboxylic acids is 1. The van der Waals surface area contributed by atoms with Crippen LogP contribution in [0.2, 0.25) is 0 Å². The topological polar surface area (TPSA) is 96.7 Å². The predicted molar refractivity (Wildman–Crippen MR) is 92.3 cm³/mol. The van der Waals surface area contributed by atoms with Crippen molar-refractivity contribution < 1.29 is 14.6 Å². The molecule has 3 rings (SSSR count). The first-order valence-electron chi connectivity index (χ1n) is 8.04. The van der Waals surface area contributed by atoms with E-state index in [0.29, 0.717) is 19.0 Å². The van der Waals surface area contributed by atoms with Crippen LogP contribution < -0.4 is 20.5 Å². The zero-order chi connectivity index (χ0) is 17.8. The van der Waals surface area contributed by atoms with Crippen molar-refractivity contribution in [2.45, 2.75) is 6.61 Å². The van der Waals surface area contributed by atoms with Gasteiger partial charge >= 0.3 is 5.97 Å². The largest absolute Gasteiger partial charge is 0.481 e. The minimum Gasteiger partial charge on any atom is -0.481 e. The molecule has 8 heteroatoms. The highest BCUT2D eigenvalue weighted by Crippen LogP contribution is 2.18. The van der Waals surface area contributed by atoms with Gasteiger partial charge in [0.1, 0.15) is 6.61 Å². The van der Waals surface area contributed by atoms with Gasteiger partial charge in [0.2, 0.25) is 11.7 Å². The molecule has 1 fully saturated rings. The third kappa shape index (κ3) is 3.63. The highest BCUT2D eigenvalue weighted by atomic mass is 16.5. The Morgan fingerprint density at radius 2 is 1.96 bits per heavy atom. The summed E-state index contributed by atoms with van der Waals surface area (Å²) in [5.74, 6) is -1.18. The average Bonchev–Trinajstić information content (AvgIpc) is 2.64. The number of carboxylic acids is 1. The van der Waals surface area contributed by atoms with Gasteiger partial charge in [0.25, 0.3) is 5.56 Å². The van der Waals surface area contributed by atoms with Gasteiger partial charge in [0, 0.05) is 33.2 Å². The van der Waals surface area contributed by atoms with Crippen LogP contribution in [0.1, 0.15) is 16.1 Å². The maximum absolute atomic E-state index is 12.7. The molecule has 0 spiro atoms. The smallest absolute Gasteiger partial charge is 0.358 e. The number of carbonyl (C=O) groups is 1. The van der Waals surface area contributed by atoms with Gasteiger partial charge in [-0.05, 0) is 5.56 Å². The Morgan fingerprint density at radius 1 is 1.28 bits per heavy atom. The van der Waals surface area contributed by atoms with Gasteiger partial charge in [0.05, 0.1) is 0 Å². The van der Waals surface area contributed by atoms with E-state index in [2.05, 4.69) is 10.3 Å². The molecule has 0 saturated carbocycles. The molecule has 0 bridgehead atoms. The molecule has 132 valence electrons. The van der Waals surface area contributed by atoms with E-state index in [9.17, 15) is 14.7 Å². The molecular formula is C17H20N4O4. The maximum atomic E-state index is 12.7. The van der Waals surface area contributed by atoms with Crippen molar-refractivity contribution in [1.29, 1.82) is 0 Å². The summed E-state index contributed by atoms with van der Waals surface area (Å²) in [5, 5.41) is 12.7. The molecule has 0 radical (unpaired) electrons. The van der Waals surface area contributed by atoms with E-state index >= 15 is 0 Å². The molecule has 0 amide bonds. The summed E-state index contributed by atoms with van der Waals surface area (Å²) in [6.45, 7) is 2.92. The van der Waals surface area contributed by atoms with Crippen molar-refractivity contribution in [1.82, 2.24) is 14.9 Å². The van der Waals surface area contributed by atoms with Crippen LogP contribution in [0.4, 0.5) is 5.95 Å². The van der Waals surface area contributed by atoms with Gasteiger partial charge in [-0.3, -0.25) is 9.36 Å². The average molecular weight is 344 g/mol. The molecule has 2 heterocycles. The van der Waals surface area contributed by atoms with Crippen LogP contribution in [0.25, 0.3) is 0 Å². The predicted octanol–water partition coefficient (Wildman–Crippen LogP) is 0.467. The number of aromatic nitrogens is 2. The number of piperazine rings is 1. The summed E-state index contributed by atoms with van der Waals surface area (Å²) in [4.78, 5) is 30.4. The molecule has 2 aromatic rings. The third-order valence-electron chi connectivity index (χ3n) is 4.05. The monoisotopic (exact) mass is 344 g/mol. The van der Waals surface area contributed by atoms with Gasteiger partial charge in [-0.2, -0.15) is 0 Å². The summed E-state index contributed by atoms with van der Waals surface area (Å²) in [5.41, 5.74) is -0.0171. The zero-order valence-electron chi connectivity index (χ0n) is 13.9. The van der Waals surface area contributed by atoms with Gasteiger partial charge < -0.3 is 20.1 Å². The van der Waals surface area contributed by atoms with Crippen LogP contribution in [0.15, 0.2) is 35.1 Å². The van der Waals surface area contributed by atoms with Crippen LogP contribution in [0, 0.1) is 0 Å². The number of nitrogens with zero attached hydrogens (tertiary/aromatic N) is 3. The first kappa shape index (κ1) is 17.0. The van der Waals surface area contributed by atoms with Crippen molar-refractivity contribution in [2.75, 3.05) is 31.1 Å². The Kier molecular flexibility index (Phi) is 4.99. The fourth-order valence-electron chi connectivity index (χ4n) is 2.72. The van der Waals surface area contributed by atoms with Crippen molar-refractivity contribution in [3.63, 3.8) is 0 Å². The van der Waals surface area contributed by atoms with E-state index in [1.807, 2.05) is 35.2 Å². The fraction of sp³-hybridized carbons (Fsp3) is 0.353. The lowest BCUT2D eigenvalue weighted by Gasteiger charge is -2.29. The number of rotatable bonds is 5. The molecular weight excluding hydrogens is 324 g/mol. The lowest BCUT2D eigenvalue weighted by Crippen LogP contribution is -2.46. The summed E-state index contributed by atoms with van der Waals surface area (Å²) >= 11 is 0. The number of nitrogens with one attached hydrogen (secondary N) is 1. The minimum atomic E-state index is -1.28. The first-order valence-corrected chi connectivity index (χ1v) is 8.04. The second-order valence-electron chi connectivity index (χ2n) is 5.77. The normalized spacial score (nSPS) is 14.4. The van der Waals surface area contributed by atoms with Gasteiger partial charge in [-0.1, -0.05) is 30.3 Å². The SMILES string of the molecule is Cn1c(N2CCNCC2)nc(C(=O)O)c(OCc2ccccc2)c1=O. The Hall–Kier alpha value is -2.87. The van der Waals surface area contributed by atoms with Crippen LogP contribution in [0.5, 0.6) is 5.75 Å². The van der Waals surface area contributed by atoms with E-state index < -0.39 is 11.5 Å². The second-order valence-corrected chi connectivity index (χ2v) is 5.77.